The van der Waals surface area contributed by atoms with Crippen LogP contribution in [0.2, 0.25) is 0 Å². The Morgan fingerprint density at radius 2 is 1.70 bits per heavy atom. The molecule has 0 atom stereocenters. The van der Waals surface area contributed by atoms with E-state index >= 15 is 0 Å². The van der Waals surface area contributed by atoms with Gasteiger partial charge in [0.25, 0.3) is 0 Å². The molecule has 0 saturated heterocycles. The number of hydrogen-bond donors (Lipinski definition) is 2. The van der Waals surface area contributed by atoms with E-state index in [1.165, 1.54) is 23.5 Å². The first-order valence-electron chi connectivity index (χ1n) is 7.86. The van der Waals surface area contributed by atoms with Crippen LogP contribution in [0.1, 0.15) is 15.2 Å². The summed E-state index contributed by atoms with van der Waals surface area (Å²) in [6.45, 7) is 1.86. The molecule has 0 aliphatic rings. The quantitative estimate of drug-likeness (QED) is 0.675. The molecule has 0 saturated carbocycles. The van der Waals surface area contributed by atoms with Gasteiger partial charge in [0.1, 0.15) is 10.6 Å². The van der Waals surface area contributed by atoms with Gasteiger partial charge in [-0.05, 0) is 60.0 Å². The molecule has 0 unspecified atom stereocenters. The lowest BCUT2D eigenvalue weighted by Crippen LogP contribution is -2.11. The molecule has 2 aromatic carbocycles. The summed E-state index contributed by atoms with van der Waals surface area (Å²) in [5.74, 6) is -0.337. The molecule has 0 aliphatic heterocycles. The molecule has 0 aliphatic carbocycles. The van der Waals surface area contributed by atoms with Crippen molar-refractivity contribution in [3.63, 3.8) is 0 Å². The Bertz CT molecular complexity index is 1120. The maximum Gasteiger partial charge on any atom is 0.345 e. The summed E-state index contributed by atoms with van der Waals surface area (Å²) in [6.07, 6.45) is 0. The van der Waals surface area contributed by atoms with E-state index in [2.05, 4.69) is 0 Å². The lowest BCUT2D eigenvalue weighted by Gasteiger charge is -2.11. The van der Waals surface area contributed by atoms with Crippen molar-refractivity contribution >= 4 is 27.3 Å². The summed E-state index contributed by atoms with van der Waals surface area (Å²) < 4.78 is 28.3. The van der Waals surface area contributed by atoms with Gasteiger partial charge in [0.05, 0.1) is 12.0 Å². The lowest BCUT2D eigenvalue weighted by atomic mass is 10.0. The summed E-state index contributed by atoms with van der Waals surface area (Å²) in [6, 6.07) is 13.4. The monoisotopic (exact) mass is 403 g/mol. The van der Waals surface area contributed by atoms with Gasteiger partial charge in [-0.2, -0.15) is 0 Å². The number of aromatic carboxylic acids is 1. The first-order chi connectivity index (χ1) is 12.7. The van der Waals surface area contributed by atoms with E-state index in [4.69, 9.17) is 9.88 Å². The molecule has 3 rings (SSSR count). The summed E-state index contributed by atoms with van der Waals surface area (Å²) in [5, 5.41) is 14.4. The third-order valence-electron chi connectivity index (χ3n) is 4.08. The standard InChI is InChI=1S/C19H17NO5S2/c1-11-9-17(19(21)22)26-18(11)13-5-8-16(25-2)15(10-13)12-3-6-14(7-4-12)27(20,23)24/h3-10H,1-2H3,(H,21,22)(H2,20,23,24). The first-order valence-corrected chi connectivity index (χ1v) is 10.2. The van der Waals surface area contributed by atoms with Crippen molar-refractivity contribution in [2.75, 3.05) is 7.11 Å². The van der Waals surface area contributed by atoms with Crippen LogP contribution in [0.3, 0.4) is 0 Å². The molecule has 1 aromatic heterocycles. The minimum absolute atomic E-state index is 0.0292. The maximum atomic E-state index is 11.4. The van der Waals surface area contributed by atoms with Crippen LogP contribution in [0, 0.1) is 6.92 Å². The second-order valence-electron chi connectivity index (χ2n) is 5.91. The predicted octanol–water partition coefficient (Wildman–Crippen LogP) is 3.74. The van der Waals surface area contributed by atoms with E-state index < -0.39 is 16.0 Å². The highest BCUT2D eigenvalue weighted by molar-refractivity contribution is 7.89. The van der Waals surface area contributed by atoms with Crippen molar-refractivity contribution in [2.24, 2.45) is 5.14 Å². The molecule has 6 nitrogen and oxygen atoms in total. The number of aryl methyl sites for hydroxylation is 1. The Labute approximate surface area is 160 Å². The third kappa shape index (κ3) is 3.87. The number of ether oxygens (including phenoxy) is 1. The second kappa shape index (κ2) is 7.15. The molecule has 0 spiro atoms. The highest BCUT2D eigenvalue weighted by Gasteiger charge is 2.15. The SMILES string of the molecule is COc1ccc(-c2sc(C(=O)O)cc2C)cc1-c1ccc(S(N)(=O)=O)cc1. The molecule has 1 heterocycles. The largest absolute Gasteiger partial charge is 0.496 e. The minimum Gasteiger partial charge on any atom is -0.496 e. The minimum atomic E-state index is -3.76. The number of rotatable bonds is 5. The predicted molar refractivity (Wildman–Crippen MR) is 105 cm³/mol. The second-order valence-corrected chi connectivity index (χ2v) is 8.53. The zero-order chi connectivity index (χ0) is 19.8. The maximum absolute atomic E-state index is 11.4. The van der Waals surface area contributed by atoms with Gasteiger partial charge in [-0.3, -0.25) is 0 Å². The van der Waals surface area contributed by atoms with Crippen LogP contribution in [0.25, 0.3) is 21.6 Å². The number of benzene rings is 2. The van der Waals surface area contributed by atoms with Gasteiger partial charge in [-0.25, -0.2) is 18.4 Å². The van der Waals surface area contributed by atoms with Crippen LogP contribution in [-0.2, 0) is 10.0 Å². The Balaban J connectivity index is 2.11. The van der Waals surface area contributed by atoms with Gasteiger partial charge >= 0.3 is 5.97 Å². The first kappa shape index (κ1) is 19.1. The number of sulfonamides is 1. The number of primary sulfonamides is 1. The van der Waals surface area contributed by atoms with Crippen LogP contribution in [0.15, 0.2) is 53.4 Å². The molecule has 3 aromatic rings. The molecule has 27 heavy (non-hydrogen) atoms. The number of thiophene rings is 1. The van der Waals surface area contributed by atoms with Gasteiger partial charge in [0.15, 0.2) is 0 Å². The van der Waals surface area contributed by atoms with Gasteiger partial charge in [-0.15, -0.1) is 11.3 Å². The van der Waals surface area contributed by atoms with Crippen molar-refractivity contribution in [2.45, 2.75) is 11.8 Å². The van der Waals surface area contributed by atoms with Crippen LogP contribution >= 0.6 is 11.3 Å². The molecule has 8 heteroatoms. The van der Waals surface area contributed by atoms with E-state index in [1.54, 1.807) is 31.4 Å². The van der Waals surface area contributed by atoms with E-state index in [0.717, 1.165) is 27.1 Å². The Morgan fingerprint density at radius 3 is 2.22 bits per heavy atom. The van der Waals surface area contributed by atoms with Gasteiger partial charge in [0, 0.05) is 10.4 Å². The number of nitrogens with two attached hydrogens (primary N) is 1. The van der Waals surface area contributed by atoms with Crippen molar-refractivity contribution in [3.8, 4) is 27.3 Å². The topological polar surface area (TPSA) is 107 Å². The van der Waals surface area contributed by atoms with E-state index in [0.29, 0.717) is 5.75 Å². The van der Waals surface area contributed by atoms with E-state index in [1.807, 2.05) is 19.1 Å². The molecule has 140 valence electrons. The number of hydrogen-bond acceptors (Lipinski definition) is 5. The fourth-order valence-corrected chi connectivity index (χ4v) is 4.30. The van der Waals surface area contributed by atoms with Gasteiger partial charge in [0.2, 0.25) is 10.0 Å². The molecule has 0 bridgehead atoms. The number of carboxylic acids is 1. The molecular weight excluding hydrogens is 386 g/mol. The van der Waals surface area contributed by atoms with Gasteiger partial charge in [-0.1, -0.05) is 12.1 Å². The normalized spacial score (nSPS) is 11.4. The zero-order valence-electron chi connectivity index (χ0n) is 14.6. The van der Waals surface area contributed by atoms with E-state index in [9.17, 15) is 18.3 Å². The summed E-state index contributed by atoms with van der Waals surface area (Å²) >= 11 is 1.21. The Morgan fingerprint density at radius 1 is 1.07 bits per heavy atom. The summed E-state index contributed by atoms with van der Waals surface area (Å²) in [4.78, 5) is 12.4. The van der Waals surface area contributed by atoms with Crippen LogP contribution < -0.4 is 9.88 Å². The smallest absolute Gasteiger partial charge is 0.345 e. The van der Waals surface area contributed by atoms with Gasteiger partial charge < -0.3 is 9.84 Å². The molecule has 3 N–H and O–H groups in total. The molecular formula is C19H17NO5S2. The highest BCUT2D eigenvalue weighted by atomic mass is 32.2. The summed E-state index contributed by atoms with van der Waals surface area (Å²) in [5.41, 5.74) is 3.25. The van der Waals surface area contributed by atoms with E-state index in [-0.39, 0.29) is 9.77 Å². The van der Waals surface area contributed by atoms with Crippen molar-refractivity contribution in [1.82, 2.24) is 0 Å². The third-order valence-corrected chi connectivity index (χ3v) is 6.29. The molecule has 0 fully saturated rings. The average Bonchev–Trinajstić information content (AvgIpc) is 3.02. The zero-order valence-corrected chi connectivity index (χ0v) is 16.2. The number of methoxy groups -OCH3 is 1. The van der Waals surface area contributed by atoms with Crippen molar-refractivity contribution in [1.29, 1.82) is 0 Å². The molecule has 0 amide bonds. The highest BCUT2D eigenvalue weighted by Crippen LogP contribution is 2.38. The van der Waals surface area contributed by atoms with Crippen molar-refractivity contribution < 1.29 is 23.1 Å². The Kier molecular flexibility index (Phi) is 5.05. The molecule has 0 radical (unpaired) electrons. The summed E-state index contributed by atoms with van der Waals surface area (Å²) in [7, 11) is -2.21. The fourth-order valence-electron chi connectivity index (χ4n) is 2.77. The van der Waals surface area contributed by atoms with Crippen LogP contribution in [-0.4, -0.2) is 26.6 Å². The number of carbonyl (C=O) groups is 1. The van der Waals surface area contributed by atoms with Crippen LogP contribution in [0.5, 0.6) is 5.75 Å². The van der Waals surface area contributed by atoms with Crippen molar-refractivity contribution in [3.05, 3.63) is 59.0 Å². The average molecular weight is 403 g/mol. The fraction of sp³-hybridized carbons (Fsp3) is 0.105. The lowest BCUT2D eigenvalue weighted by molar-refractivity contribution is 0.0702. The Hall–Kier alpha value is -2.68. The van der Waals surface area contributed by atoms with Crippen LogP contribution in [0.4, 0.5) is 0 Å². The number of carboxylic acid groups (broad SMARTS) is 1.